The number of rotatable bonds is 7. The zero-order valence-corrected chi connectivity index (χ0v) is 15.7. The van der Waals surface area contributed by atoms with Gasteiger partial charge < -0.3 is 14.8 Å². The lowest BCUT2D eigenvalue weighted by molar-refractivity contribution is 0.102. The Kier molecular flexibility index (Phi) is 5.76. The first kappa shape index (κ1) is 18.5. The average molecular weight is 365 g/mol. The summed E-state index contributed by atoms with van der Waals surface area (Å²) in [5.74, 6) is 1.08. The molecule has 6 nitrogen and oxygen atoms in total. The molecule has 1 heterocycles. The van der Waals surface area contributed by atoms with Gasteiger partial charge in [-0.1, -0.05) is 31.5 Å². The van der Waals surface area contributed by atoms with Gasteiger partial charge in [-0.3, -0.25) is 9.89 Å². The van der Waals surface area contributed by atoms with E-state index in [1.165, 1.54) is 0 Å². The van der Waals surface area contributed by atoms with Gasteiger partial charge in [0.1, 0.15) is 5.69 Å². The molecule has 0 aliphatic rings. The molecule has 1 aromatic heterocycles. The number of amides is 1. The second-order valence-electron chi connectivity index (χ2n) is 6.07. The lowest BCUT2D eigenvalue weighted by Gasteiger charge is -2.11. The van der Waals surface area contributed by atoms with Crippen LogP contribution in [0.3, 0.4) is 0 Å². The van der Waals surface area contributed by atoms with E-state index in [4.69, 9.17) is 9.47 Å². The van der Waals surface area contributed by atoms with Gasteiger partial charge in [0.2, 0.25) is 0 Å². The van der Waals surface area contributed by atoms with Crippen LogP contribution < -0.4 is 14.8 Å². The third kappa shape index (κ3) is 3.95. The van der Waals surface area contributed by atoms with Crippen molar-refractivity contribution in [3.05, 3.63) is 59.8 Å². The van der Waals surface area contributed by atoms with E-state index in [1.807, 2.05) is 36.4 Å². The normalized spacial score (nSPS) is 10.5. The van der Waals surface area contributed by atoms with E-state index in [0.717, 1.165) is 24.1 Å². The number of carbonyl (C=O) groups excluding carboxylic acids is 1. The van der Waals surface area contributed by atoms with Crippen LogP contribution in [0.15, 0.2) is 48.5 Å². The summed E-state index contributed by atoms with van der Waals surface area (Å²) in [7, 11) is 3.18. The van der Waals surface area contributed by atoms with Crippen molar-refractivity contribution in [2.24, 2.45) is 0 Å². The Hall–Kier alpha value is -3.28. The zero-order chi connectivity index (χ0) is 19.2. The lowest BCUT2D eigenvalue weighted by Crippen LogP contribution is -2.13. The molecular formula is C21H23N3O3. The fourth-order valence-electron chi connectivity index (χ4n) is 2.91. The number of aromatic nitrogens is 2. The maximum atomic E-state index is 12.7. The summed E-state index contributed by atoms with van der Waals surface area (Å²) in [4.78, 5) is 12.7. The predicted molar refractivity (Wildman–Crippen MR) is 106 cm³/mol. The molecule has 0 aliphatic carbocycles. The molecule has 0 radical (unpaired) electrons. The van der Waals surface area contributed by atoms with Crippen LogP contribution in [-0.2, 0) is 6.42 Å². The maximum Gasteiger partial charge on any atom is 0.255 e. The molecule has 0 saturated heterocycles. The summed E-state index contributed by atoms with van der Waals surface area (Å²) in [5, 5.41) is 10.5. The van der Waals surface area contributed by atoms with Crippen LogP contribution >= 0.6 is 0 Å². The van der Waals surface area contributed by atoms with Gasteiger partial charge in [0.15, 0.2) is 11.5 Å². The maximum absolute atomic E-state index is 12.7. The molecule has 0 aliphatic heterocycles. The van der Waals surface area contributed by atoms with E-state index in [1.54, 1.807) is 26.4 Å². The molecule has 0 saturated carbocycles. The van der Waals surface area contributed by atoms with Crippen molar-refractivity contribution in [2.75, 3.05) is 19.5 Å². The second kappa shape index (κ2) is 8.40. The summed E-state index contributed by atoms with van der Waals surface area (Å²) in [6.07, 6.45) is 1.71. The van der Waals surface area contributed by atoms with E-state index in [2.05, 4.69) is 22.4 Å². The Balaban J connectivity index is 2.00. The number of aromatic amines is 1. The Labute approximate surface area is 158 Å². The van der Waals surface area contributed by atoms with Crippen LogP contribution in [-0.4, -0.2) is 30.3 Å². The van der Waals surface area contributed by atoms with Crippen LogP contribution in [0.4, 0.5) is 5.69 Å². The van der Waals surface area contributed by atoms with Crippen molar-refractivity contribution < 1.29 is 14.3 Å². The van der Waals surface area contributed by atoms with Crippen LogP contribution in [0.1, 0.15) is 29.4 Å². The third-order valence-electron chi connectivity index (χ3n) is 4.27. The van der Waals surface area contributed by atoms with E-state index >= 15 is 0 Å². The van der Waals surface area contributed by atoms with Gasteiger partial charge in [0.25, 0.3) is 5.91 Å². The smallest absolute Gasteiger partial charge is 0.255 e. The van der Waals surface area contributed by atoms with Gasteiger partial charge in [-0.15, -0.1) is 0 Å². The van der Waals surface area contributed by atoms with Gasteiger partial charge in [0.05, 0.1) is 25.6 Å². The molecule has 140 valence electrons. The van der Waals surface area contributed by atoms with Crippen LogP contribution in [0.25, 0.3) is 11.3 Å². The standard InChI is InChI=1S/C21H23N3O3/c1-4-8-16-20(22-21(25)14-9-6-5-7-10-14)19(24-23-16)15-11-12-17(26-2)18(13-15)27-3/h5-7,9-13H,4,8H2,1-3H3,(H,22,25)(H,23,24). The topological polar surface area (TPSA) is 76.2 Å². The highest BCUT2D eigenvalue weighted by atomic mass is 16.5. The molecule has 0 bridgehead atoms. The van der Waals surface area contributed by atoms with Crippen LogP contribution in [0, 0.1) is 0 Å². The van der Waals surface area contributed by atoms with E-state index in [9.17, 15) is 4.79 Å². The minimum Gasteiger partial charge on any atom is -0.493 e. The molecule has 0 atom stereocenters. The summed E-state index contributed by atoms with van der Waals surface area (Å²) >= 11 is 0. The fourth-order valence-corrected chi connectivity index (χ4v) is 2.91. The van der Waals surface area contributed by atoms with Crippen LogP contribution in [0.5, 0.6) is 11.5 Å². The minimum atomic E-state index is -0.170. The number of carbonyl (C=O) groups is 1. The molecule has 3 aromatic rings. The number of methoxy groups -OCH3 is 2. The highest BCUT2D eigenvalue weighted by Crippen LogP contribution is 2.36. The molecule has 2 N–H and O–H groups in total. The Bertz CT molecular complexity index is 920. The van der Waals surface area contributed by atoms with Crippen molar-refractivity contribution in [1.82, 2.24) is 10.2 Å². The zero-order valence-electron chi connectivity index (χ0n) is 15.7. The number of hydrogen-bond donors (Lipinski definition) is 2. The summed E-state index contributed by atoms with van der Waals surface area (Å²) in [6, 6.07) is 14.7. The van der Waals surface area contributed by atoms with Gasteiger partial charge in [-0.25, -0.2) is 0 Å². The largest absolute Gasteiger partial charge is 0.493 e. The molecule has 0 unspecified atom stereocenters. The van der Waals surface area contributed by atoms with E-state index in [-0.39, 0.29) is 5.91 Å². The highest BCUT2D eigenvalue weighted by molar-refractivity contribution is 6.06. The minimum absolute atomic E-state index is 0.170. The SMILES string of the molecule is CCCc1[nH]nc(-c2ccc(OC)c(OC)c2)c1NC(=O)c1ccccc1. The average Bonchev–Trinajstić information content (AvgIpc) is 3.10. The quantitative estimate of drug-likeness (QED) is 0.654. The highest BCUT2D eigenvalue weighted by Gasteiger charge is 2.19. The molecule has 2 aromatic carbocycles. The Morgan fingerprint density at radius 2 is 1.81 bits per heavy atom. The summed E-state index contributed by atoms with van der Waals surface area (Å²) in [6.45, 7) is 2.08. The molecule has 6 heteroatoms. The molecular weight excluding hydrogens is 342 g/mol. The third-order valence-corrected chi connectivity index (χ3v) is 4.27. The van der Waals surface area contributed by atoms with Gasteiger partial charge in [0, 0.05) is 11.1 Å². The van der Waals surface area contributed by atoms with Gasteiger partial charge in [-0.2, -0.15) is 5.10 Å². The van der Waals surface area contributed by atoms with Crippen molar-refractivity contribution in [2.45, 2.75) is 19.8 Å². The number of nitrogens with one attached hydrogen (secondary N) is 2. The molecule has 1 amide bonds. The predicted octanol–water partition coefficient (Wildman–Crippen LogP) is 4.30. The summed E-state index contributed by atoms with van der Waals surface area (Å²) < 4.78 is 10.7. The molecule has 0 spiro atoms. The number of nitrogens with zero attached hydrogens (tertiary/aromatic N) is 1. The number of H-pyrrole nitrogens is 1. The van der Waals surface area contributed by atoms with Gasteiger partial charge in [-0.05, 0) is 36.8 Å². The van der Waals surface area contributed by atoms with Crippen LogP contribution in [0.2, 0.25) is 0 Å². The molecule has 0 fully saturated rings. The first-order valence-electron chi connectivity index (χ1n) is 8.84. The Morgan fingerprint density at radius 3 is 2.48 bits per heavy atom. The lowest BCUT2D eigenvalue weighted by atomic mass is 10.1. The van der Waals surface area contributed by atoms with Gasteiger partial charge >= 0.3 is 0 Å². The van der Waals surface area contributed by atoms with E-state index in [0.29, 0.717) is 28.4 Å². The van der Waals surface area contributed by atoms with Crippen molar-refractivity contribution in [3.63, 3.8) is 0 Å². The summed E-state index contributed by atoms with van der Waals surface area (Å²) in [5.41, 5.74) is 3.68. The molecule has 3 rings (SSSR count). The number of benzene rings is 2. The van der Waals surface area contributed by atoms with Crippen molar-refractivity contribution in [1.29, 1.82) is 0 Å². The number of ether oxygens (including phenoxy) is 2. The fraction of sp³-hybridized carbons (Fsp3) is 0.238. The molecule has 27 heavy (non-hydrogen) atoms. The second-order valence-corrected chi connectivity index (χ2v) is 6.07. The number of hydrogen-bond acceptors (Lipinski definition) is 4. The monoisotopic (exact) mass is 365 g/mol. The van der Waals surface area contributed by atoms with Crippen molar-refractivity contribution in [3.8, 4) is 22.8 Å². The first-order chi connectivity index (χ1) is 13.2. The first-order valence-corrected chi connectivity index (χ1v) is 8.84. The Morgan fingerprint density at radius 1 is 1.07 bits per heavy atom. The van der Waals surface area contributed by atoms with Crippen molar-refractivity contribution >= 4 is 11.6 Å². The number of aryl methyl sites for hydroxylation is 1. The van der Waals surface area contributed by atoms with E-state index < -0.39 is 0 Å². The number of anilines is 1.